The number of hydrogen-bond acceptors (Lipinski definition) is 11. The lowest BCUT2D eigenvalue weighted by Gasteiger charge is -2.27. The Bertz CT molecular complexity index is 1920. The van der Waals surface area contributed by atoms with Crippen molar-refractivity contribution in [2.24, 2.45) is 23.1 Å². The lowest BCUT2D eigenvalue weighted by molar-refractivity contribution is -0.135. The van der Waals surface area contributed by atoms with Gasteiger partial charge in [0, 0.05) is 32.6 Å². The van der Waals surface area contributed by atoms with Crippen molar-refractivity contribution < 1.29 is 47.9 Å². The number of carbonyl (C=O) groups is 10. The SMILES string of the molecule is CSCC[C@H](NC(=O)[C@H](CC(C)C)NC(=O)CNC(=O)[C@H](Cc1ccccc1)NC(=O)[C@H](Cc1ccccc1)NC(=O)[C@H](CCC(N)=O)NC(=O)[C@H](CCC(N)=O)NC(C)=O)C(N)=O. The van der Waals surface area contributed by atoms with Gasteiger partial charge in [0.15, 0.2) is 0 Å². The van der Waals surface area contributed by atoms with Crippen molar-refractivity contribution in [2.45, 2.75) is 108 Å². The van der Waals surface area contributed by atoms with Gasteiger partial charge in [0.25, 0.3) is 0 Å². The molecule has 0 aromatic heterocycles. The molecule has 2 aromatic carbocycles. The van der Waals surface area contributed by atoms with E-state index in [1.54, 1.807) is 60.7 Å². The molecule has 350 valence electrons. The van der Waals surface area contributed by atoms with Crippen LogP contribution in [0.4, 0.5) is 0 Å². The first-order valence-corrected chi connectivity index (χ1v) is 22.2. The summed E-state index contributed by atoms with van der Waals surface area (Å²) in [6.45, 7) is 4.23. The van der Waals surface area contributed by atoms with Crippen LogP contribution in [0, 0.1) is 5.92 Å². The van der Waals surface area contributed by atoms with Crippen molar-refractivity contribution >= 4 is 70.8 Å². The van der Waals surface area contributed by atoms with Gasteiger partial charge in [-0.25, -0.2) is 0 Å². The molecular weight excluding hydrogens is 849 g/mol. The highest BCUT2D eigenvalue weighted by Crippen LogP contribution is 2.11. The molecule has 6 atom stereocenters. The van der Waals surface area contributed by atoms with E-state index in [0.717, 1.165) is 6.92 Å². The van der Waals surface area contributed by atoms with Gasteiger partial charge >= 0.3 is 0 Å². The fraction of sp³-hybridized carbons (Fsp3) is 0.488. The van der Waals surface area contributed by atoms with E-state index in [-0.39, 0.29) is 57.3 Å². The van der Waals surface area contributed by atoms with Gasteiger partial charge in [-0.1, -0.05) is 74.5 Å². The van der Waals surface area contributed by atoms with Crippen LogP contribution in [0.2, 0.25) is 0 Å². The van der Waals surface area contributed by atoms with Crippen LogP contribution in [-0.4, -0.2) is 114 Å². The minimum atomic E-state index is -1.46. The fourth-order valence-electron chi connectivity index (χ4n) is 6.32. The number of nitrogens with two attached hydrogens (primary N) is 3. The van der Waals surface area contributed by atoms with Crippen molar-refractivity contribution in [2.75, 3.05) is 18.6 Å². The Morgan fingerprint density at radius 1 is 0.531 bits per heavy atom. The molecule has 0 aliphatic carbocycles. The Balaban J connectivity index is 2.38. The summed E-state index contributed by atoms with van der Waals surface area (Å²) >= 11 is 1.47. The van der Waals surface area contributed by atoms with E-state index in [1.807, 2.05) is 20.1 Å². The smallest absolute Gasteiger partial charge is 0.243 e. The van der Waals surface area contributed by atoms with E-state index < -0.39 is 102 Å². The third kappa shape index (κ3) is 21.0. The molecule has 10 amide bonds. The van der Waals surface area contributed by atoms with E-state index in [9.17, 15) is 47.9 Å². The summed E-state index contributed by atoms with van der Waals surface area (Å²) in [5.41, 5.74) is 17.3. The summed E-state index contributed by atoms with van der Waals surface area (Å²) < 4.78 is 0. The number of benzene rings is 2. The maximum absolute atomic E-state index is 14.2. The summed E-state index contributed by atoms with van der Waals surface area (Å²) in [5, 5.41) is 17.9. The van der Waals surface area contributed by atoms with E-state index in [4.69, 9.17) is 17.2 Å². The van der Waals surface area contributed by atoms with Gasteiger partial charge in [-0.3, -0.25) is 47.9 Å². The molecule has 0 fully saturated rings. The number of rotatable bonds is 29. The average molecular weight is 911 g/mol. The molecule has 0 aliphatic heterocycles. The number of thioether (sulfide) groups is 1. The molecule has 0 aliphatic rings. The summed E-state index contributed by atoms with van der Waals surface area (Å²) in [6.07, 6.45) is 1.05. The maximum atomic E-state index is 14.2. The number of hydrogen-bond donors (Lipinski definition) is 10. The van der Waals surface area contributed by atoms with E-state index in [1.165, 1.54) is 11.8 Å². The zero-order valence-electron chi connectivity index (χ0n) is 36.6. The van der Waals surface area contributed by atoms with E-state index >= 15 is 0 Å². The van der Waals surface area contributed by atoms with Crippen LogP contribution in [0.25, 0.3) is 0 Å². The quantitative estimate of drug-likeness (QED) is 0.0440. The van der Waals surface area contributed by atoms with Gasteiger partial charge in [-0.2, -0.15) is 11.8 Å². The summed E-state index contributed by atoms with van der Waals surface area (Å²) in [6, 6.07) is 9.78. The molecule has 0 radical (unpaired) electrons. The van der Waals surface area contributed by atoms with Gasteiger partial charge in [-0.15, -0.1) is 0 Å². The summed E-state index contributed by atoms with van der Waals surface area (Å²) in [7, 11) is 0. The standard InChI is InChI=1S/C43H62N10O10S/c1-25(2)21-32(42(62)50-29(38(46)58)19-20-64-4)49-37(57)24-47-39(59)33(22-27-11-7-5-8-12-27)52-43(63)34(23-28-13-9-6-10-14-28)53-41(61)31(16-18-36(45)56)51-40(60)30(48-26(3)54)15-17-35(44)55/h5-14,25,29-34H,15-24H2,1-4H3,(H2,44,55)(H2,45,56)(H2,46,58)(H,47,59)(H,48,54)(H,49,57)(H,50,62)(H,51,60)(H,52,63)(H,53,61)/t29-,30-,31-,32-,33-,34-/m0/s1. The molecular formula is C43H62N10O10S. The van der Waals surface area contributed by atoms with Gasteiger partial charge in [0.1, 0.15) is 36.3 Å². The van der Waals surface area contributed by atoms with E-state index in [2.05, 4.69) is 37.2 Å². The molecule has 2 rings (SSSR count). The predicted octanol–water partition coefficient (Wildman–Crippen LogP) is -1.67. The summed E-state index contributed by atoms with van der Waals surface area (Å²) in [4.78, 5) is 129. The number of carbonyl (C=O) groups excluding carboxylic acids is 10. The largest absolute Gasteiger partial charge is 0.370 e. The molecule has 0 spiro atoms. The first kappa shape index (κ1) is 53.6. The van der Waals surface area contributed by atoms with Crippen molar-refractivity contribution in [3.05, 3.63) is 71.8 Å². The average Bonchev–Trinajstić information content (AvgIpc) is 3.23. The topological polar surface area (TPSA) is 333 Å². The zero-order chi connectivity index (χ0) is 47.8. The molecule has 0 saturated heterocycles. The molecule has 20 nitrogen and oxygen atoms in total. The normalized spacial score (nSPS) is 13.6. The Kier molecular flexibility index (Phi) is 23.7. The Morgan fingerprint density at radius 3 is 1.39 bits per heavy atom. The number of nitrogens with one attached hydrogen (secondary N) is 7. The molecule has 21 heteroatoms. The molecule has 64 heavy (non-hydrogen) atoms. The highest BCUT2D eigenvalue weighted by atomic mass is 32.2. The fourth-order valence-corrected chi connectivity index (χ4v) is 6.80. The lowest BCUT2D eigenvalue weighted by Crippen LogP contribution is -2.59. The molecule has 2 aromatic rings. The van der Waals surface area contributed by atoms with E-state index in [0.29, 0.717) is 16.9 Å². The van der Waals surface area contributed by atoms with Crippen molar-refractivity contribution in [3.63, 3.8) is 0 Å². The zero-order valence-corrected chi connectivity index (χ0v) is 37.4. The van der Waals surface area contributed by atoms with Crippen LogP contribution in [0.1, 0.15) is 70.4 Å². The minimum Gasteiger partial charge on any atom is -0.370 e. The Morgan fingerprint density at radius 2 is 0.953 bits per heavy atom. The number of primary amides is 3. The number of amides is 10. The monoisotopic (exact) mass is 910 g/mol. The second-order valence-electron chi connectivity index (χ2n) is 15.5. The highest BCUT2D eigenvalue weighted by Gasteiger charge is 2.33. The van der Waals surface area contributed by atoms with Gasteiger partial charge < -0.3 is 54.4 Å². The second-order valence-corrected chi connectivity index (χ2v) is 16.5. The summed E-state index contributed by atoms with van der Waals surface area (Å²) in [5.74, 6) is -7.09. The van der Waals surface area contributed by atoms with Gasteiger partial charge in [-0.05, 0) is 54.7 Å². The third-order valence-corrected chi connectivity index (χ3v) is 10.2. The Labute approximate surface area is 376 Å². The van der Waals surface area contributed by atoms with Crippen molar-refractivity contribution in [3.8, 4) is 0 Å². The first-order valence-electron chi connectivity index (χ1n) is 20.8. The van der Waals surface area contributed by atoms with Crippen LogP contribution in [0.3, 0.4) is 0 Å². The van der Waals surface area contributed by atoms with Gasteiger partial charge in [0.05, 0.1) is 6.54 Å². The third-order valence-electron chi connectivity index (χ3n) is 9.57. The van der Waals surface area contributed by atoms with Gasteiger partial charge in [0.2, 0.25) is 59.1 Å². The molecule has 0 saturated carbocycles. The van der Waals surface area contributed by atoms with Crippen LogP contribution in [-0.2, 0) is 60.8 Å². The van der Waals surface area contributed by atoms with Crippen molar-refractivity contribution in [1.29, 1.82) is 0 Å². The molecule has 0 unspecified atom stereocenters. The maximum Gasteiger partial charge on any atom is 0.243 e. The predicted molar refractivity (Wildman–Crippen MR) is 239 cm³/mol. The molecule has 13 N–H and O–H groups in total. The van der Waals surface area contributed by atoms with Crippen LogP contribution >= 0.6 is 11.8 Å². The molecule has 0 heterocycles. The van der Waals surface area contributed by atoms with Crippen molar-refractivity contribution in [1.82, 2.24) is 37.2 Å². The van der Waals surface area contributed by atoms with Crippen LogP contribution < -0.4 is 54.4 Å². The lowest BCUT2D eigenvalue weighted by atomic mass is 10.0. The second kappa shape index (κ2) is 28.2. The first-order chi connectivity index (χ1) is 30.3. The molecule has 0 bridgehead atoms. The Hall–Kier alpha value is -6.51. The minimum absolute atomic E-state index is 0.0534. The van der Waals surface area contributed by atoms with Crippen LogP contribution in [0.5, 0.6) is 0 Å². The van der Waals surface area contributed by atoms with Crippen LogP contribution in [0.15, 0.2) is 60.7 Å². The highest BCUT2D eigenvalue weighted by molar-refractivity contribution is 7.98.